The molecule has 0 unspecified atom stereocenters. The number of benzene rings is 1. The highest BCUT2D eigenvalue weighted by Crippen LogP contribution is 2.44. The lowest BCUT2D eigenvalue weighted by molar-refractivity contribution is -0.302. The van der Waals surface area contributed by atoms with Gasteiger partial charge in [0.1, 0.15) is 24.1 Å². The molecule has 15 heteroatoms. The predicted molar refractivity (Wildman–Crippen MR) is 256 cm³/mol. The number of ketones is 1. The maximum absolute atomic E-state index is 15.1. The molecule has 5 heterocycles. The van der Waals surface area contributed by atoms with Crippen molar-refractivity contribution in [2.24, 2.45) is 23.7 Å². The summed E-state index contributed by atoms with van der Waals surface area (Å²) in [5.41, 5.74) is -1.09. The van der Waals surface area contributed by atoms with Gasteiger partial charge in [0, 0.05) is 68.0 Å². The molecule has 3 aliphatic rings. The van der Waals surface area contributed by atoms with E-state index in [0.717, 1.165) is 23.6 Å². The van der Waals surface area contributed by atoms with Gasteiger partial charge in [0.05, 0.1) is 41.9 Å². The summed E-state index contributed by atoms with van der Waals surface area (Å²) in [6.45, 7) is 19.1. The van der Waals surface area contributed by atoms with Gasteiger partial charge in [-0.1, -0.05) is 58.0 Å². The van der Waals surface area contributed by atoms with E-state index < -0.39 is 89.7 Å². The molecule has 2 aromatic heterocycles. The minimum absolute atomic E-state index is 0.114. The van der Waals surface area contributed by atoms with Crippen LogP contribution < -0.4 is 0 Å². The zero-order valence-electron chi connectivity index (χ0n) is 41.7. The second-order valence-corrected chi connectivity index (χ2v) is 19.8. The fraction of sp³-hybridized carbons (Fsp3) is 0.623. The smallest absolute Gasteiger partial charge is 0.410 e. The largest absolute Gasteiger partial charge is 0.461 e. The van der Waals surface area contributed by atoms with Crippen LogP contribution in [0.25, 0.3) is 10.8 Å². The van der Waals surface area contributed by atoms with Crippen LogP contribution in [0.1, 0.15) is 98.8 Å². The molecule has 0 bridgehead atoms. The Kier molecular flexibility index (Phi) is 17.6. The lowest BCUT2D eigenvalue weighted by Gasteiger charge is -2.48. The number of cyclic esters (lactones) is 1. The molecule has 1 amide bonds. The van der Waals surface area contributed by atoms with E-state index in [0.29, 0.717) is 31.6 Å². The normalized spacial score (nSPS) is 33.9. The summed E-state index contributed by atoms with van der Waals surface area (Å²) < 4.78 is 38.8. The van der Waals surface area contributed by atoms with Crippen molar-refractivity contribution in [2.75, 3.05) is 27.2 Å². The lowest BCUT2D eigenvalue weighted by atomic mass is 9.73. The molecule has 6 rings (SSSR count). The Morgan fingerprint density at radius 3 is 2.49 bits per heavy atom. The molecule has 3 saturated heterocycles. The Balaban J connectivity index is 1.37. The lowest BCUT2D eigenvalue weighted by Crippen LogP contribution is -2.61. The molecule has 0 spiro atoms. The van der Waals surface area contributed by atoms with Crippen LogP contribution >= 0.6 is 0 Å². The number of carbonyl (C=O) groups excluding carboxylic acids is 4. The van der Waals surface area contributed by atoms with Crippen LogP contribution in [0.2, 0.25) is 0 Å². The van der Waals surface area contributed by atoms with E-state index in [2.05, 4.69) is 22.6 Å². The van der Waals surface area contributed by atoms with Crippen molar-refractivity contribution in [1.29, 1.82) is 0 Å². The molecule has 1 aromatic carbocycles. The van der Waals surface area contributed by atoms with Gasteiger partial charge < -0.3 is 38.4 Å². The van der Waals surface area contributed by atoms with Gasteiger partial charge in [-0.25, -0.2) is 4.79 Å². The average Bonchev–Trinajstić information content (AvgIpc) is 3.58. The fourth-order valence-electron chi connectivity index (χ4n) is 11.2. The van der Waals surface area contributed by atoms with Crippen LogP contribution in [0.5, 0.6) is 0 Å². The number of hydrogen-bond donors (Lipinski definition) is 1. The average molecular weight is 943 g/mol. The molecular formula is C53H74N4O11. The van der Waals surface area contributed by atoms with Crippen molar-refractivity contribution >= 4 is 34.6 Å². The molecule has 3 fully saturated rings. The first-order valence-electron chi connectivity index (χ1n) is 24.4. The fourth-order valence-corrected chi connectivity index (χ4v) is 11.2. The van der Waals surface area contributed by atoms with Gasteiger partial charge in [-0.2, -0.15) is 0 Å². The number of aromatic nitrogens is 2. The molecular weight excluding hydrogens is 869 g/mol. The molecule has 0 radical (unpaired) electrons. The zero-order chi connectivity index (χ0) is 49.5. The minimum Gasteiger partial charge on any atom is -0.461 e. The van der Waals surface area contributed by atoms with Crippen molar-refractivity contribution in [2.45, 2.75) is 160 Å². The number of carbonyl (C=O) groups is 4. The van der Waals surface area contributed by atoms with Crippen LogP contribution in [-0.4, -0.2) is 136 Å². The van der Waals surface area contributed by atoms with E-state index in [1.54, 1.807) is 62.3 Å². The summed E-state index contributed by atoms with van der Waals surface area (Å²) in [5.74, 6) is -4.86. The maximum Gasteiger partial charge on any atom is 0.410 e. The highest BCUT2D eigenvalue weighted by molar-refractivity contribution is 5.86. The third kappa shape index (κ3) is 11.4. The number of ether oxygens (including phenoxy) is 6. The number of nitrogens with zero attached hydrogens (tertiary/aromatic N) is 4. The maximum atomic E-state index is 15.1. The molecule has 0 saturated carbocycles. The second kappa shape index (κ2) is 22.7. The molecule has 3 aliphatic heterocycles. The topological polar surface area (TPSA) is 176 Å². The first-order valence-corrected chi connectivity index (χ1v) is 24.4. The number of rotatable bonds is 15. The van der Waals surface area contributed by atoms with E-state index in [1.165, 1.54) is 12.7 Å². The number of unbranched alkanes of at least 4 members (excludes halogenated alkanes) is 1. The molecule has 14 atom stereocenters. The van der Waals surface area contributed by atoms with Crippen LogP contribution in [-0.2, 0) is 55.6 Å². The van der Waals surface area contributed by atoms with Crippen LogP contribution in [0.15, 0.2) is 73.7 Å². The van der Waals surface area contributed by atoms with E-state index in [1.807, 2.05) is 71.0 Å². The zero-order valence-corrected chi connectivity index (χ0v) is 41.7. The van der Waals surface area contributed by atoms with E-state index in [9.17, 15) is 19.5 Å². The van der Waals surface area contributed by atoms with Crippen LogP contribution in [0, 0.1) is 23.7 Å². The summed E-state index contributed by atoms with van der Waals surface area (Å²) in [6, 6.07) is 12.2. The number of likely N-dealkylation sites (N-methyl/N-ethyl adjacent to an activating group) is 1. The van der Waals surface area contributed by atoms with Gasteiger partial charge in [-0.05, 0) is 102 Å². The van der Waals surface area contributed by atoms with Crippen LogP contribution in [0.4, 0.5) is 4.79 Å². The van der Waals surface area contributed by atoms with Crippen molar-refractivity contribution in [1.82, 2.24) is 19.8 Å². The number of Topliss-reactive ketones (excluding diaryl/α,β-unsaturated/α-hetero) is 1. The minimum atomic E-state index is -1.43. The first-order chi connectivity index (χ1) is 32.4. The number of fused-ring (bicyclic) bond motifs is 2. The van der Waals surface area contributed by atoms with Gasteiger partial charge >= 0.3 is 18.0 Å². The number of aliphatic hydroxyl groups excluding tert-OH is 1. The number of pyridine rings is 2. The first kappa shape index (κ1) is 52.6. The van der Waals surface area contributed by atoms with Gasteiger partial charge in [0.25, 0.3) is 0 Å². The van der Waals surface area contributed by atoms with Gasteiger partial charge in [0.2, 0.25) is 0 Å². The Hall–Kier alpha value is -4.80. The summed E-state index contributed by atoms with van der Waals surface area (Å²) in [6.07, 6.45) is 3.42. The van der Waals surface area contributed by atoms with Gasteiger partial charge in [0.15, 0.2) is 11.9 Å². The standard InChI is InChI=1S/C53H74N4O11/c1-12-26-56(10)41-28-33(4)64-50(45(41)60)67-48-35(6)46(66-43(58)29-39-22-14-16-24-55-39)36(7)49(61)65-42(13-2)53(9)47(34(5)44(59)32(3)30-52(48,8)63-11)57(51(62)68-53)27-17-15-19-37-20-18-21-38-31-54-25-23-40(37)38/h12,14,16,18,20-25,31-36,41-42,45-48,50,60H,1,13,15,17,19,26-30H2,2-11H3/t32-,33+,34+,35+,36-,41-,42-,45+,46+,47-,48-,50-,52-,53-/m1/s1. The number of aryl methyl sites for hydroxylation is 1. The van der Waals surface area contributed by atoms with Crippen LogP contribution in [0.3, 0.4) is 0 Å². The quantitative estimate of drug-likeness (QED) is 0.0695. The molecule has 15 nitrogen and oxygen atoms in total. The highest BCUT2D eigenvalue weighted by Gasteiger charge is 2.60. The summed E-state index contributed by atoms with van der Waals surface area (Å²) in [7, 11) is 3.42. The Bertz CT molecular complexity index is 2210. The summed E-state index contributed by atoms with van der Waals surface area (Å²) in [4.78, 5) is 70.2. The number of esters is 2. The Morgan fingerprint density at radius 1 is 1.03 bits per heavy atom. The van der Waals surface area contributed by atoms with Gasteiger partial charge in [-0.3, -0.25) is 29.3 Å². The number of aliphatic hydroxyl groups is 1. The number of methoxy groups -OCH3 is 1. The number of hydrogen-bond acceptors (Lipinski definition) is 14. The molecule has 372 valence electrons. The predicted octanol–water partition coefficient (Wildman–Crippen LogP) is 7.30. The molecule has 3 aromatic rings. The van der Waals surface area contributed by atoms with E-state index >= 15 is 4.79 Å². The van der Waals surface area contributed by atoms with E-state index in [4.69, 9.17) is 28.4 Å². The van der Waals surface area contributed by atoms with Gasteiger partial charge in [-0.15, -0.1) is 6.58 Å². The second-order valence-electron chi connectivity index (χ2n) is 19.8. The summed E-state index contributed by atoms with van der Waals surface area (Å²) >= 11 is 0. The number of amides is 1. The van der Waals surface area contributed by atoms with Crippen molar-refractivity contribution < 1.29 is 52.7 Å². The van der Waals surface area contributed by atoms with Crippen molar-refractivity contribution in [3.8, 4) is 0 Å². The third-order valence-corrected chi connectivity index (χ3v) is 14.8. The Morgan fingerprint density at radius 2 is 1.79 bits per heavy atom. The highest BCUT2D eigenvalue weighted by atomic mass is 16.7. The van der Waals surface area contributed by atoms with E-state index in [-0.39, 0.29) is 37.2 Å². The monoisotopic (exact) mass is 943 g/mol. The molecule has 68 heavy (non-hydrogen) atoms. The van der Waals surface area contributed by atoms with Crippen molar-refractivity contribution in [3.63, 3.8) is 0 Å². The van der Waals surface area contributed by atoms with Crippen molar-refractivity contribution in [3.05, 3.63) is 85.0 Å². The molecule has 0 aliphatic carbocycles. The Labute approximate surface area is 402 Å². The summed E-state index contributed by atoms with van der Waals surface area (Å²) in [5, 5.41) is 14.1. The molecule has 1 N–H and O–H groups in total. The third-order valence-electron chi connectivity index (χ3n) is 14.8. The SMILES string of the molecule is C=CCN(C)[C@@H]1C[C@H](C)O[C@H](O[C@@H]2[C@@H](C)[C@H](OC(=O)Cc3ccccn3)[C@@H](C)C(=O)O[C@H](CC)[C@@]3(C)OC(=O)N(CCCCc4cccc5cnccc45)[C@@H]3[C@@H](C)C(=O)[C@H](C)C[C@@]2(C)OC)[C@H]1O.